The maximum atomic E-state index is 14.0. The van der Waals surface area contributed by atoms with Gasteiger partial charge in [-0.05, 0) is 38.7 Å². The van der Waals surface area contributed by atoms with E-state index >= 15 is 0 Å². The predicted octanol–water partition coefficient (Wildman–Crippen LogP) is 2.35. The normalized spacial score (nSPS) is 17.3. The second-order valence-corrected chi connectivity index (χ2v) is 6.71. The van der Waals surface area contributed by atoms with E-state index in [1.807, 2.05) is 0 Å². The molecule has 1 heterocycles. The van der Waals surface area contributed by atoms with E-state index in [0.29, 0.717) is 31.6 Å². The van der Waals surface area contributed by atoms with E-state index in [1.54, 1.807) is 32.0 Å². The van der Waals surface area contributed by atoms with E-state index in [2.05, 4.69) is 5.32 Å². The summed E-state index contributed by atoms with van der Waals surface area (Å²) in [6.07, 6.45) is 1.34. The standard InChI is InChI=1S/C18H24FNO4/c1-18(2,14-5-3-4-6-15(14)19)17(23)20-11-13(16(21)22)12-7-9-24-10-8-12/h3-6,12-13H,7-11H2,1-2H3,(H,20,23)(H,21,22). The second kappa shape index (κ2) is 7.75. The Hall–Kier alpha value is -1.95. The lowest BCUT2D eigenvalue weighted by Crippen LogP contribution is -2.45. The van der Waals surface area contributed by atoms with Crippen molar-refractivity contribution in [2.75, 3.05) is 19.8 Å². The van der Waals surface area contributed by atoms with E-state index in [-0.39, 0.29) is 18.4 Å². The first kappa shape index (κ1) is 18.4. The molecule has 1 aliphatic rings. The number of rotatable bonds is 6. The molecule has 24 heavy (non-hydrogen) atoms. The lowest BCUT2D eigenvalue weighted by atomic mass is 9.82. The Balaban J connectivity index is 2.04. The number of aliphatic carboxylic acids is 1. The van der Waals surface area contributed by atoms with Crippen LogP contribution in [0.4, 0.5) is 4.39 Å². The van der Waals surface area contributed by atoms with Crippen molar-refractivity contribution < 1.29 is 23.8 Å². The molecular formula is C18H24FNO4. The third-order valence-electron chi connectivity index (χ3n) is 4.75. The molecule has 1 aliphatic heterocycles. The first-order valence-electron chi connectivity index (χ1n) is 8.18. The van der Waals surface area contributed by atoms with Gasteiger partial charge < -0.3 is 15.2 Å². The molecule has 2 rings (SSSR count). The van der Waals surface area contributed by atoms with E-state index < -0.39 is 23.1 Å². The molecular weight excluding hydrogens is 313 g/mol. The lowest BCUT2D eigenvalue weighted by molar-refractivity contribution is -0.145. The molecule has 0 saturated carbocycles. The summed E-state index contributed by atoms with van der Waals surface area (Å²) in [5.74, 6) is -2.43. The van der Waals surface area contributed by atoms with E-state index in [9.17, 15) is 19.1 Å². The summed E-state index contributed by atoms with van der Waals surface area (Å²) in [6, 6.07) is 6.13. The van der Waals surface area contributed by atoms with Crippen LogP contribution in [0.25, 0.3) is 0 Å². The molecule has 1 saturated heterocycles. The zero-order chi connectivity index (χ0) is 17.7. The van der Waals surface area contributed by atoms with Gasteiger partial charge in [0.1, 0.15) is 5.82 Å². The number of ether oxygens (including phenoxy) is 1. The average molecular weight is 337 g/mol. The third kappa shape index (κ3) is 4.12. The maximum Gasteiger partial charge on any atom is 0.308 e. The van der Waals surface area contributed by atoms with Crippen molar-refractivity contribution >= 4 is 11.9 Å². The highest BCUT2D eigenvalue weighted by Gasteiger charge is 2.35. The van der Waals surface area contributed by atoms with Gasteiger partial charge in [0.25, 0.3) is 0 Å². The SMILES string of the molecule is CC(C)(C(=O)NCC(C(=O)O)C1CCOCC1)c1ccccc1F. The number of carbonyl (C=O) groups excluding carboxylic acids is 1. The van der Waals surface area contributed by atoms with Gasteiger partial charge in [-0.15, -0.1) is 0 Å². The van der Waals surface area contributed by atoms with Crippen molar-refractivity contribution in [1.29, 1.82) is 0 Å². The topological polar surface area (TPSA) is 75.6 Å². The van der Waals surface area contributed by atoms with E-state index in [0.717, 1.165) is 0 Å². The minimum absolute atomic E-state index is 0.0203. The van der Waals surface area contributed by atoms with Gasteiger partial charge in [0.05, 0.1) is 11.3 Å². The molecule has 6 heteroatoms. The zero-order valence-electron chi connectivity index (χ0n) is 14.0. The van der Waals surface area contributed by atoms with Gasteiger partial charge in [0.2, 0.25) is 5.91 Å². The molecule has 132 valence electrons. The number of carboxylic acids is 1. The molecule has 1 fully saturated rings. The van der Waals surface area contributed by atoms with Crippen molar-refractivity contribution in [2.24, 2.45) is 11.8 Å². The van der Waals surface area contributed by atoms with E-state index in [4.69, 9.17) is 4.74 Å². The van der Waals surface area contributed by atoms with Gasteiger partial charge in [-0.3, -0.25) is 9.59 Å². The van der Waals surface area contributed by atoms with Crippen LogP contribution >= 0.6 is 0 Å². The quantitative estimate of drug-likeness (QED) is 0.835. The molecule has 1 unspecified atom stereocenters. The summed E-state index contributed by atoms with van der Waals surface area (Å²) in [4.78, 5) is 24.1. The molecule has 1 aromatic carbocycles. The Morgan fingerprint density at radius 2 is 1.96 bits per heavy atom. The van der Waals surface area contributed by atoms with Crippen LogP contribution in [0.3, 0.4) is 0 Å². The minimum Gasteiger partial charge on any atom is -0.481 e. The molecule has 1 aromatic rings. The summed E-state index contributed by atoms with van der Waals surface area (Å²) < 4.78 is 19.2. The van der Waals surface area contributed by atoms with Gasteiger partial charge in [-0.1, -0.05) is 18.2 Å². The fraction of sp³-hybridized carbons (Fsp3) is 0.556. The van der Waals surface area contributed by atoms with Crippen molar-refractivity contribution in [3.63, 3.8) is 0 Å². The van der Waals surface area contributed by atoms with Crippen LogP contribution in [-0.4, -0.2) is 36.7 Å². The Morgan fingerprint density at radius 1 is 1.33 bits per heavy atom. The summed E-state index contributed by atoms with van der Waals surface area (Å²) in [6.45, 7) is 4.39. The zero-order valence-corrected chi connectivity index (χ0v) is 14.0. The monoisotopic (exact) mass is 337 g/mol. The Kier molecular flexibility index (Phi) is 5.94. The number of hydrogen-bond acceptors (Lipinski definition) is 3. The van der Waals surface area contributed by atoms with Crippen molar-refractivity contribution in [2.45, 2.75) is 32.1 Å². The average Bonchev–Trinajstić information content (AvgIpc) is 2.55. The second-order valence-electron chi connectivity index (χ2n) is 6.71. The van der Waals surface area contributed by atoms with Crippen molar-refractivity contribution in [3.8, 4) is 0 Å². The molecule has 0 bridgehead atoms. The van der Waals surface area contributed by atoms with Crippen LogP contribution in [0.15, 0.2) is 24.3 Å². The predicted molar refractivity (Wildman–Crippen MR) is 87.1 cm³/mol. The van der Waals surface area contributed by atoms with Crippen LogP contribution in [0.1, 0.15) is 32.3 Å². The van der Waals surface area contributed by atoms with Gasteiger partial charge >= 0.3 is 5.97 Å². The van der Waals surface area contributed by atoms with Crippen LogP contribution < -0.4 is 5.32 Å². The first-order chi connectivity index (χ1) is 11.3. The summed E-state index contributed by atoms with van der Waals surface area (Å²) in [5, 5.41) is 12.2. The van der Waals surface area contributed by atoms with E-state index in [1.165, 1.54) is 6.07 Å². The lowest BCUT2D eigenvalue weighted by Gasteiger charge is -2.30. The minimum atomic E-state index is -1.08. The van der Waals surface area contributed by atoms with Crippen molar-refractivity contribution in [3.05, 3.63) is 35.6 Å². The third-order valence-corrected chi connectivity index (χ3v) is 4.75. The van der Waals surface area contributed by atoms with Gasteiger partial charge in [-0.2, -0.15) is 0 Å². The van der Waals surface area contributed by atoms with Crippen molar-refractivity contribution in [1.82, 2.24) is 5.32 Å². The van der Waals surface area contributed by atoms with Crippen LogP contribution in [0, 0.1) is 17.7 Å². The largest absolute Gasteiger partial charge is 0.481 e. The molecule has 0 spiro atoms. The highest BCUT2D eigenvalue weighted by molar-refractivity contribution is 5.87. The molecule has 0 radical (unpaired) electrons. The fourth-order valence-electron chi connectivity index (χ4n) is 3.09. The number of carbonyl (C=O) groups is 2. The van der Waals surface area contributed by atoms with Gasteiger partial charge in [0, 0.05) is 25.3 Å². The number of hydrogen-bond donors (Lipinski definition) is 2. The molecule has 0 aromatic heterocycles. The Labute approximate surface area is 141 Å². The maximum absolute atomic E-state index is 14.0. The molecule has 5 nitrogen and oxygen atoms in total. The smallest absolute Gasteiger partial charge is 0.308 e. The number of halogens is 1. The summed E-state index contributed by atoms with van der Waals surface area (Å²) in [5.41, 5.74) is -0.787. The highest BCUT2D eigenvalue weighted by Crippen LogP contribution is 2.27. The number of amides is 1. The number of nitrogens with one attached hydrogen (secondary N) is 1. The highest BCUT2D eigenvalue weighted by atomic mass is 19.1. The Morgan fingerprint density at radius 3 is 2.54 bits per heavy atom. The number of carboxylic acid groups (broad SMARTS) is 1. The molecule has 1 amide bonds. The van der Waals surface area contributed by atoms with Gasteiger partial charge in [0.15, 0.2) is 0 Å². The molecule has 0 aliphatic carbocycles. The first-order valence-corrected chi connectivity index (χ1v) is 8.18. The molecule has 2 N–H and O–H groups in total. The van der Waals surface area contributed by atoms with Gasteiger partial charge in [-0.25, -0.2) is 4.39 Å². The van der Waals surface area contributed by atoms with Crippen LogP contribution in [0.5, 0.6) is 0 Å². The summed E-state index contributed by atoms with van der Waals surface area (Å²) >= 11 is 0. The van der Waals surface area contributed by atoms with Crippen LogP contribution in [0.2, 0.25) is 0 Å². The Bertz CT molecular complexity index is 596. The molecule has 1 atom stereocenters. The van der Waals surface area contributed by atoms with Crippen LogP contribution in [-0.2, 0) is 19.7 Å². The fourth-order valence-corrected chi connectivity index (χ4v) is 3.09. The number of benzene rings is 1. The summed E-state index contributed by atoms with van der Waals surface area (Å²) in [7, 11) is 0.